The van der Waals surface area contributed by atoms with Gasteiger partial charge in [0.2, 0.25) is 5.91 Å². The number of rotatable bonds is 4. The van der Waals surface area contributed by atoms with Crippen molar-refractivity contribution in [3.8, 4) is 0 Å². The van der Waals surface area contributed by atoms with Crippen LogP contribution in [0.15, 0.2) is 24.3 Å². The monoisotopic (exact) mass is 260 g/mol. The first-order valence-electron chi connectivity index (χ1n) is 7.34. The predicted octanol–water partition coefficient (Wildman–Crippen LogP) is 4.03. The van der Waals surface area contributed by atoms with E-state index in [-0.39, 0.29) is 5.91 Å². The molecule has 19 heavy (non-hydrogen) atoms. The minimum Gasteiger partial charge on any atom is -0.382 e. The minimum atomic E-state index is 0.0574. The summed E-state index contributed by atoms with van der Waals surface area (Å²) in [6.07, 6.45) is 5.68. The van der Waals surface area contributed by atoms with Crippen molar-refractivity contribution in [1.82, 2.24) is 0 Å². The van der Waals surface area contributed by atoms with Crippen molar-refractivity contribution >= 4 is 17.3 Å². The van der Waals surface area contributed by atoms with Crippen LogP contribution in [-0.4, -0.2) is 11.9 Å². The van der Waals surface area contributed by atoms with Crippen molar-refractivity contribution in [2.24, 2.45) is 5.92 Å². The van der Waals surface area contributed by atoms with E-state index in [1.54, 1.807) is 0 Å². The Kier molecular flexibility index (Phi) is 4.83. The summed E-state index contributed by atoms with van der Waals surface area (Å²) in [5.41, 5.74) is 2.02. The van der Waals surface area contributed by atoms with Crippen LogP contribution in [0.5, 0.6) is 0 Å². The fourth-order valence-corrected chi connectivity index (χ4v) is 2.54. The van der Waals surface area contributed by atoms with Gasteiger partial charge in [0.1, 0.15) is 0 Å². The Morgan fingerprint density at radius 2 is 1.68 bits per heavy atom. The Balaban J connectivity index is 1.86. The van der Waals surface area contributed by atoms with Gasteiger partial charge in [0, 0.05) is 23.8 Å². The zero-order chi connectivity index (χ0) is 13.7. The van der Waals surface area contributed by atoms with Gasteiger partial charge in [0.05, 0.1) is 0 Å². The second-order valence-electron chi connectivity index (χ2n) is 5.58. The third-order valence-corrected chi connectivity index (χ3v) is 3.88. The number of hydrogen-bond donors (Lipinski definition) is 2. The maximum atomic E-state index is 11.3. The Labute approximate surface area is 115 Å². The first kappa shape index (κ1) is 13.9. The molecule has 0 heterocycles. The molecule has 1 fully saturated rings. The summed E-state index contributed by atoms with van der Waals surface area (Å²) in [6, 6.07) is 8.61. The number of anilines is 2. The van der Waals surface area contributed by atoms with Gasteiger partial charge in [-0.15, -0.1) is 0 Å². The molecule has 1 aromatic carbocycles. The van der Waals surface area contributed by atoms with Crippen LogP contribution >= 0.6 is 0 Å². The normalized spacial score (nSPS) is 22.8. The van der Waals surface area contributed by atoms with E-state index in [9.17, 15) is 4.79 Å². The van der Waals surface area contributed by atoms with Gasteiger partial charge >= 0.3 is 0 Å². The lowest BCUT2D eigenvalue weighted by Gasteiger charge is -2.27. The minimum absolute atomic E-state index is 0.0574. The van der Waals surface area contributed by atoms with E-state index in [2.05, 4.69) is 17.6 Å². The van der Waals surface area contributed by atoms with E-state index >= 15 is 0 Å². The SMILES string of the molecule is CCC(=O)Nc1ccc(NC2CCC(C)CC2)cc1. The first-order valence-corrected chi connectivity index (χ1v) is 7.34. The highest BCUT2D eigenvalue weighted by Crippen LogP contribution is 2.26. The summed E-state index contributed by atoms with van der Waals surface area (Å²) in [5.74, 6) is 0.937. The topological polar surface area (TPSA) is 41.1 Å². The molecule has 3 heteroatoms. The first-order chi connectivity index (χ1) is 9.17. The highest BCUT2D eigenvalue weighted by atomic mass is 16.1. The molecule has 2 rings (SSSR count). The number of nitrogens with one attached hydrogen (secondary N) is 2. The molecule has 0 radical (unpaired) electrons. The van der Waals surface area contributed by atoms with E-state index < -0.39 is 0 Å². The van der Waals surface area contributed by atoms with Gasteiger partial charge in [0.15, 0.2) is 0 Å². The molecule has 1 aliphatic carbocycles. The summed E-state index contributed by atoms with van der Waals surface area (Å²) >= 11 is 0. The quantitative estimate of drug-likeness (QED) is 0.858. The fraction of sp³-hybridized carbons (Fsp3) is 0.562. The molecular formula is C16H24N2O. The van der Waals surface area contributed by atoms with Crippen LogP contribution in [0.2, 0.25) is 0 Å². The molecule has 2 N–H and O–H groups in total. The largest absolute Gasteiger partial charge is 0.382 e. The van der Waals surface area contributed by atoms with Gasteiger partial charge in [-0.3, -0.25) is 4.79 Å². The van der Waals surface area contributed by atoms with Crippen molar-refractivity contribution in [1.29, 1.82) is 0 Å². The van der Waals surface area contributed by atoms with Gasteiger partial charge in [-0.25, -0.2) is 0 Å². The number of amides is 1. The zero-order valence-corrected chi connectivity index (χ0v) is 11.9. The smallest absolute Gasteiger partial charge is 0.224 e. The summed E-state index contributed by atoms with van der Waals surface area (Å²) in [5, 5.41) is 6.44. The molecule has 0 atom stereocenters. The van der Waals surface area contributed by atoms with Crippen molar-refractivity contribution in [2.45, 2.75) is 52.0 Å². The number of benzene rings is 1. The molecule has 0 spiro atoms. The lowest BCUT2D eigenvalue weighted by atomic mass is 9.87. The van der Waals surface area contributed by atoms with Crippen molar-refractivity contribution in [3.63, 3.8) is 0 Å². The molecule has 0 saturated heterocycles. The van der Waals surface area contributed by atoms with E-state index in [1.807, 2.05) is 31.2 Å². The lowest BCUT2D eigenvalue weighted by molar-refractivity contribution is -0.115. The van der Waals surface area contributed by atoms with Crippen LogP contribution in [-0.2, 0) is 4.79 Å². The highest BCUT2D eigenvalue weighted by molar-refractivity contribution is 5.90. The van der Waals surface area contributed by atoms with Crippen LogP contribution in [0.1, 0.15) is 46.0 Å². The van der Waals surface area contributed by atoms with Gasteiger partial charge < -0.3 is 10.6 Å². The van der Waals surface area contributed by atoms with Gasteiger partial charge in [0.25, 0.3) is 0 Å². The Morgan fingerprint density at radius 3 is 2.26 bits per heavy atom. The Bertz CT molecular complexity index is 405. The summed E-state index contributed by atoms with van der Waals surface area (Å²) in [4.78, 5) is 11.3. The average Bonchev–Trinajstić information content (AvgIpc) is 2.43. The summed E-state index contributed by atoms with van der Waals surface area (Å²) in [6.45, 7) is 4.19. The van der Waals surface area contributed by atoms with Crippen LogP contribution in [0.4, 0.5) is 11.4 Å². The molecule has 0 unspecified atom stereocenters. The third-order valence-electron chi connectivity index (χ3n) is 3.88. The van der Waals surface area contributed by atoms with Crippen LogP contribution in [0.3, 0.4) is 0 Å². The molecule has 0 aromatic heterocycles. The van der Waals surface area contributed by atoms with Crippen LogP contribution in [0.25, 0.3) is 0 Å². The summed E-state index contributed by atoms with van der Waals surface area (Å²) < 4.78 is 0. The van der Waals surface area contributed by atoms with Crippen molar-refractivity contribution in [2.75, 3.05) is 10.6 Å². The van der Waals surface area contributed by atoms with Gasteiger partial charge in [-0.05, 0) is 55.9 Å². The number of carbonyl (C=O) groups is 1. The fourth-order valence-electron chi connectivity index (χ4n) is 2.54. The lowest BCUT2D eigenvalue weighted by Crippen LogP contribution is -2.25. The Hall–Kier alpha value is -1.51. The van der Waals surface area contributed by atoms with Crippen LogP contribution in [0, 0.1) is 5.92 Å². The van der Waals surface area contributed by atoms with E-state index in [1.165, 1.54) is 25.7 Å². The highest BCUT2D eigenvalue weighted by Gasteiger charge is 2.17. The van der Waals surface area contributed by atoms with E-state index in [4.69, 9.17) is 0 Å². The average molecular weight is 260 g/mol. The summed E-state index contributed by atoms with van der Waals surface area (Å²) in [7, 11) is 0. The van der Waals surface area contributed by atoms with Gasteiger partial charge in [-0.1, -0.05) is 13.8 Å². The van der Waals surface area contributed by atoms with Crippen molar-refractivity contribution < 1.29 is 4.79 Å². The van der Waals surface area contributed by atoms with E-state index in [0.717, 1.165) is 17.3 Å². The third kappa shape index (κ3) is 4.27. The van der Waals surface area contributed by atoms with Crippen molar-refractivity contribution in [3.05, 3.63) is 24.3 Å². The Morgan fingerprint density at radius 1 is 1.11 bits per heavy atom. The molecule has 1 saturated carbocycles. The molecule has 3 nitrogen and oxygen atoms in total. The van der Waals surface area contributed by atoms with E-state index in [0.29, 0.717) is 12.5 Å². The maximum Gasteiger partial charge on any atom is 0.224 e. The molecule has 1 aliphatic rings. The van der Waals surface area contributed by atoms with Crippen LogP contribution < -0.4 is 10.6 Å². The molecule has 0 aliphatic heterocycles. The second kappa shape index (κ2) is 6.60. The molecule has 104 valence electrons. The molecular weight excluding hydrogens is 236 g/mol. The second-order valence-corrected chi connectivity index (χ2v) is 5.58. The molecule has 1 aromatic rings. The number of carbonyl (C=O) groups excluding carboxylic acids is 1. The number of hydrogen-bond acceptors (Lipinski definition) is 2. The predicted molar refractivity (Wildman–Crippen MR) is 80.4 cm³/mol. The molecule has 1 amide bonds. The maximum absolute atomic E-state index is 11.3. The standard InChI is InChI=1S/C16H24N2O/c1-3-16(19)18-15-10-8-14(9-11-15)17-13-6-4-12(2)5-7-13/h8-13,17H,3-7H2,1-2H3,(H,18,19). The molecule has 0 bridgehead atoms. The zero-order valence-electron chi connectivity index (χ0n) is 11.9. The van der Waals surface area contributed by atoms with Gasteiger partial charge in [-0.2, -0.15) is 0 Å².